The van der Waals surface area contributed by atoms with Crippen molar-refractivity contribution in [1.29, 1.82) is 5.26 Å². The van der Waals surface area contributed by atoms with Gasteiger partial charge in [-0.15, -0.1) is 0 Å². The molecule has 1 saturated heterocycles. The van der Waals surface area contributed by atoms with E-state index in [0.29, 0.717) is 13.0 Å². The third-order valence-corrected chi connectivity index (χ3v) is 5.57. The molecule has 1 aromatic heterocycles. The molecular weight excluding hydrogens is 332 g/mol. The maximum atomic E-state index is 13.0. The average Bonchev–Trinajstić information content (AvgIpc) is 3.02. The normalized spacial score (nSPS) is 34.8. The molecule has 7 heteroatoms. The molecule has 0 amide bonds. The van der Waals surface area contributed by atoms with E-state index >= 15 is 0 Å². The number of nitrogens with zero attached hydrogens (tertiary/aromatic N) is 3. The van der Waals surface area contributed by atoms with Crippen LogP contribution in [0, 0.1) is 28.6 Å². The fourth-order valence-electron chi connectivity index (χ4n) is 4.43. The van der Waals surface area contributed by atoms with Crippen LogP contribution < -0.4 is 5.73 Å². The summed E-state index contributed by atoms with van der Waals surface area (Å²) in [5.41, 5.74) is 6.90. The van der Waals surface area contributed by atoms with Gasteiger partial charge in [0.1, 0.15) is 18.2 Å². The van der Waals surface area contributed by atoms with Crippen molar-refractivity contribution in [1.82, 2.24) is 9.78 Å². The molecule has 1 aliphatic heterocycles. The molecule has 7 nitrogen and oxygen atoms in total. The highest BCUT2D eigenvalue weighted by Crippen LogP contribution is 2.49. The van der Waals surface area contributed by atoms with Gasteiger partial charge >= 0.3 is 0 Å². The van der Waals surface area contributed by atoms with E-state index in [4.69, 9.17) is 15.2 Å². The molecule has 2 aliphatic rings. The Balaban J connectivity index is 1.96. The van der Waals surface area contributed by atoms with Gasteiger partial charge in [0.15, 0.2) is 0 Å². The second-order valence-corrected chi connectivity index (χ2v) is 8.17. The Bertz CT molecular complexity index is 708. The van der Waals surface area contributed by atoms with Crippen LogP contribution in [0.25, 0.3) is 0 Å². The summed E-state index contributed by atoms with van der Waals surface area (Å²) in [7, 11) is 0. The molecule has 3 rings (SSSR count). The van der Waals surface area contributed by atoms with Crippen molar-refractivity contribution in [2.24, 2.45) is 23.0 Å². The largest absolute Gasteiger partial charge is 0.358 e. The summed E-state index contributed by atoms with van der Waals surface area (Å²) in [5, 5.41) is 14.1. The summed E-state index contributed by atoms with van der Waals surface area (Å²) < 4.78 is 13.2. The number of hydrogen-bond acceptors (Lipinski definition) is 6. The smallest absolute Gasteiger partial charge is 0.147 e. The number of hydrogen-bond donors (Lipinski definition) is 1. The Labute approximate surface area is 154 Å². The summed E-state index contributed by atoms with van der Waals surface area (Å²) >= 11 is 0. The third-order valence-electron chi connectivity index (χ3n) is 5.57. The maximum Gasteiger partial charge on any atom is 0.147 e. The molecule has 0 spiro atoms. The highest BCUT2D eigenvalue weighted by Gasteiger charge is 2.53. The molecule has 0 aromatic carbocycles. The topological polar surface area (TPSA) is 103 Å². The summed E-state index contributed by atoms with van der Waals surface area (Å²) in [5.74, 6) is -1.09. The van der Waals surface area contributed by atoms with E-state index in [0.717, 1.165) is 12.0 Å². The van der Waals surface area contributed by atoms with Crippen LogP contribution in [0.3, 0.4) is 0 Å². The van der Waals surface area contributed by atoms with E-state index in [1.54, 1.807) is 10.9 Å². The van der Waals surface area contributed by atoms with Crippen LogP contribution in [0.15, 0.2) is 12.4 Å². The van der Waals surface area contributed by atoms with Gasteiger partial charge in [-0.2, -0.15) is 10.4 Å². The maximum absolute atomic E-state index is 13.0. The summed E-state index contributed by atoms with van der Waals surface area (Å²) in [6.07, 6.45) is 3.67. The van der Waals surface area contributed by atoms with Crippen molar-refractivity contribution < 1.29 is 14.3 Å². The summed E-state index contributed by atoms with van der Waals surface area (Å²) in [4.78, 5) is 13.0. The van der Waals surface area contributed by atoms with Gasteiger partial charge in [0.2, 0.25) is 0 Å². The van der Waals surface area contributed by atoms with Crippen molar-refractivity contribution in [2.75, 3.05) is 6.61 Å². The molecule has 142 valence electrons. The van der Waals surface area contributed by atoms with Gasteiger partial charge in [-0.1, -0.05) is 13.8 Å². The van der Waals surface area contributed by atoms with E-state index in [9.17, 15) is 10.1 Å². The predicted octanol–water partition coefficient (Wildman–Crippen LogP) is 2.35. The first-order chi connectivity index (χ1) is 12.3. The second kappa shape index (κ2) is 7.10. The number of rotatable bonds is 4. The van der Waals surface area contributed by atoms with E-state index in [1.807, 2.05) is 20.0 Å². The number of carbonyl (C=O) groups excluding carboxylic acids is 1. The van der Waals surface area contributed by atoms with E-state index in [-0.39, 0.29) is 35.4 Å². The van der Waals surface area contributed by atoms with Crippen molar-refractivity contribution in [3.8, 4) is 6.07 Å². The van der Waals surface area contributed by atoms with Crippen molar-refractivity contribution in [2.45, 2.75) is 65.0 Å². The number of ketones is 1. The zero-order chi connectivity index (χ0) is 19.1. The highest BCUT2D eigenvalue weighted by atomic mass is 16.5. The first-order valence-corrected chi connectivity index (χ1v) is 9.26. The fraction of sp³-hybridized carbons (Fsp3) is 0.737. The minimum atomic E-state index is -0.708. The van der Waals surface area contributed by atoms with Crippen molar-refractivity contribution >= 4 is 5.78 Å². The molecule has 6 atom stereocenters. The van der Waals surface area contributed by atoms with Crippen LogP contribution in [-0.4, -0.2) is 34.5 Å². The lowest BCUT2D eigenvalue weighted by atomic mass is 9.62. The molecule has 1 aromatic rings. The number of Topliss-reactive ketones (excluding diaryl/α,β-unsaturated/α-hetero) is 1. The number of ether oxygens (including phenoxy) is 2. The van der Waals surface area contributed by atoms with Crippen molar-refractivity contribution in [3.63, 3.8) is 0 Å². The number of carbonyl (C=O) groups is 1. The van der Waals surface area contributed by atoms with Crippen LogP contribution >= 0.6 is 0 Å². The van der Waals surface area contributed by atoms with E-state index in [1.165, 1.54) is 0 Å². The first kappa shape index (κ1) is 19.0. The molecule has 1 aliphatic carbocycles. The van der Waals surface area contributed by atoms with Gasteiger partial charge in [-0.3, -0.25) is 4.79 Å². The SMILES string of the molecule is CCO[C@H](C)n1cc([C@@H]2[C@H](C#N)[C@H](N)O[C@H]3CC(C)(C)CC(=O)[C@H]23)cn1. The number of fused-ring (bicyclic) bond motifs is 1. The third kappa shape index (κ3) is 3.41. The fourth-order valence-corrected chi connectivity index (χ4v) is 4.43. The zero-order valence-corrected chi connectivity index (χ0v) is 15.9. The lowest BCUT2D eigenvalue weighted by molar-refractivity contribution is -0.163. The van der Waals surface area contributed by atoms with Gasteiger partial charge < -0.3 is 15.2 Å². The Kier molecular flexibility index (Phi) is 5.20. The van der Waals surface area contributed by atoms with Gasteiger partial charge in [0.25, 0.3) is 0 Å². The molecular formula is C19H28N4O3. The number of nitriles is 1. The van der Waals surface area contributed by atoms with Crippen LogP contribution in [0.5, 0.6) is 0 Å². The van der Waals surface area contributed by atoms with Gasteiger partial charge in [0.05, 0.1) is 30.2 Å². The lowest BCUT2D eigenvalue weighted by Gasteiger charge is -2.48. The Morgan fingerprint density at radius 1 is 1.54 bits per heavy atom. The predicted molar refractivity (Wildman–Crippen MR) is 94.8 cm³/mol. The van der Waals surface area contributed by atoms with Crippen LogP contribution in [0.4, 0.5) is 0 Å². The summed E-state index contributed by atoms with van der Waals surface area (Å²) in [6, 6.07) is 2.27. The quantitative estimate of drug-likeness (QED) is 0.884. The molecule has 2 fully saturated rings. The number of aromatic nitrogens is 2. The van der Waals surface area contributed by atoms with E-state index < -0.39 is 12.1 Å². The average molecular weight is 360 g/mol. The van der Waals surface area contributed by atoms with Gasteiger partial charge in [0, 0.05) is 25.1 Å². The highest BCUT2D eigenvalue weighted by molar-refractivity contribution is 5.84. The molecule has 2 heterocycles. The molecule has 26 heavy (non-hydrogen) atoms. The first-order valence-electron chi connectivity index (χ1n) is 9.26. The van der Waals surface area contributed by atoms with E-state index in [2.05, 4.69) is 25.0 Å². The molecule has 0 bridgehead atoms. The molecule has 2 N–H and O–H groups in total. The minimum absolute atomic E-state index is 0.115. The van der Waals surface area contributed by atoms with Crippen LogP contribution in [0.2, 0.25) is 0 Å². The van der Waals surface area contributed by atoms with Gasteiger partial charge in [-0.25, -0.2) is 4.68 Å². The number of nitrogens with two attached hydrogens (primary N) is 1. The Hall–Kier alpha value is -1.75. The molecule has 0 unspecified atom stereocenters. The van der Waals surface area contributed by atoms with Crippen molar-refractivity contribution in [3.05, 3.63) is 18.0 Å². The molecule has 1 saturated carbocycles. The second-order valence-electron chi connectivity index (χ2n) is 8.17. The monoisotopic (exact) mass is 360 g/mol. The van der Waals surface area contributed by atoms with Gasteiger partial charge in [-0.05, 0) is 31.2 Å². The molecule has 0 radical (unpaired) electrons. The summed E-state index contributed by atoms with van der Waals surface area (Å²) in [6.45, 7) is 8.57. The van der Waals surface area contributed by atoms with Crippen LogP contribution in [-0.2, 0) is 14.3 Å². The zero-order valence-electron chi connectivity index (χ0n) is 15.9. The van der Waals surface area contributed by atoms with Crippen LogP contribution in [0.1, 0.15) is 58.2 Å². The lowest BCUT2D eigenvalue weighted by Crippen LogP contribution is -2.56. The standard InChI is InChI=1S/C19H28N4O3/c1-5-25-11(2)23-10-12(9-22-23)16-13(8-20)18(21)26-15-7-19(3,4)6-14(24)17(15)16/h9-11,13,15-18H,5-7,21H2,1-4H3/t11-,13+,15+,16-,17+,18-/m1/s1. The minimum Gasteiger partial charge on any atom is -0.358 e. The Morgan fingerprint density at radius 3 is 2.92 bits per heavy atom. The Morgan fingerprint density at radius 2 is 2.27 bits per heavy atom.